The van der Waals surface area contributed by atoms with Gasteiger partial charge in [-0.25, -0.2) is 17.2 Å². The van der Waals surface area contributed by atoms with Crippen molar-refractivity contribution >= 4 is 33.1 Å². The Bertz CT molecular complexity index is 1100. The number of likely N-dealkylation sites (tertiary alicyclic amines) is 1. The quantitative estimate of drug-likeness (QED) is 0.618. The number of benzene rings is 2. The molecule has 1 aliphatic rings. The molecule has 1 saturated heterocycles. The number of sulfone groups is 1. The first-order valence-electron chi connectivity index (χ1n) is 8.59. The molecule has 4 nitrogen and oxygen atoms in total. The first-order chi connectivity index (χ1) is 12.8. The van der Waals surface area contributed by atoms with Gasteiger partial charge in [-0.3, -0.25) is 9.88 Å². The van der Waals surface area contributed by atoms with E-state index in [1.807, 2.05) is 13.0 Å². The summed E-state index contributed by atoms with van der Waals surface area (Å²) >= 11 is 0. The van der Waals surface area contributed by atoms with Crippen molar-refractivity contribution in [3.05, 3.63) is 66.4 Å². The number of hydrogen-bond acceptors (Lipinski definition) is 4. The minimum Gasteiger partial charge on any atom is -0.284 e. The van der Waals surface area contributed by atoms with Crippen molar-refractivity contribution in [2.75, 3.05) is 13.1 Å². The van der Waals surface area contributed by atoms with Crippen molar-refractivity contribution in [2.24, 2.45) is 0 Å². The van der Waals surface area contributed by atoms with Crippen molar-refractivity contribution in [1.82, 2.24) is 9.88 Å². The summed E-state index contributed by atoms with van der Waals surface area (Å²) in [7, 11) is -3.66. The fourth-order valence-electron chi connectivity index (χ4n) is 3.40. The largest absolute Gasteiger partial charge is 0.284 e. The number of aromatic nitrogens is 1. The molecule has 2 aromatic carbocycles. The number of para-hydroxylation sites is 1. The fraction of sp³-hybridized carbons (Fsp3) is 0.250. The topological polar surface area (TPSA) is 50.3 Å². The molecule has 148 valence electrons. The predicted molar refractivity (Wildman–Crippen MR) is 106 cm³/mol. The van der Waals surface area contributed by atoms with Gasteiger partial charge in [0.05, 0.1) is 28.4 Å². The van der Waals surface area contributed by atoms with E-state index in [0.717, 1.165) is 5.56 Å². The maximum atomic E-state index is 13.2. The van der Waals surface area contributed by atoms with Crippen LogP contribution in [-0.4, -0.2) is 37.3 Å². The molecule has 28 heavy (non-hydrogen) atoms. The Kier molecular flexibility index (Phi) is 5.44. The van der Waals surface area contributed by atoms with Crippen LogP contribution < -0.4 is 0 Å². The van der Waals surface area contributed by atoms with E-state index in [0.29, 0.717) is 10.9 Å². The molecule has 1 aromatic heterocycles. The molecule has 0 radical (unpaired) electrons. The highest BCUT2D eigenvalue weighted by atomic mass is 35.5. The average molecular weight is 425 g/mol. The highest BCUT2D eigenvalue weighted by Crippen LogP contribution is 2.36. The number of pyridine rings is 1. The summed E-state index contributed by atoms with van der Waals surface area (Å²) in [6.45, 7) is 1.32. The van der Waals surface area contributed by atoms with Crippen LogP contribution in [0.1, 0.15) is 18.5 Å². The highest BCUT2D eigenvalue weighted by Gasteiger charge is 2.46. The maximum Gasteiger partial charge on any atom is 0.272 e. The summed E-state index contributed by atoms with van der Waals surface area (Å²) in [5.41, 5.74) is 1.44. The van der Waals surface area contributed by atoms with Gasteiger partial charge in [-0.2, -0.15) is 0 Å². The molecule has 0 bridgehead atoms. The van der Waals surface area contributed by atoms with E-state index in [9.17, 15) is 17.2 Å². The fourth-order valence-corrected chi connectivity index (χ4v) is 4.66. The monoisotopic (exact) mass is 424 g/mol. The maximum absolute atomic E-state index is 13.2. The molecule has 3 aromatic rings. The third-order valence-corrected chi connectivity index (χ3v) is 6.68. The Hall–Kier alpha value is -2.09. The standard InChI is InChI=1S/C20H18F2N2O2S.ClH/c1-14(24-12-20(21,22)13-24)18-9-5-6-15-10-17(11-23-19(15)18)27(25,26)16-7-3-2-4-8-16;/h2-11,14H,12-13H2,1H3;1H. The summed E-state index contributed by atoms with van der Waals surface area (Å²) < 4.78 is 52.0. The molecule has 2 heterocycles. The molecule has 0 spiro atoms. The van der Waals surface area contributed by atoms with E-state index in [4.69, 9.17) is 0 Å². The van der Waals surface area contributed by atoms with E-state index in [1.165, 1.54) is 6.20 Å². The lowest BCUT2D eigenvalue weighted by molar-refractivity contribution is -0.144. The van der Waals surface area contributed by atoms with Gasteiger partial charge in [-0.15, -0.1) is 12.4 Å². The van der Waals surface area contributed by atoms with Crippen LogP contribution in [0.2, 0.25) is 0 Å². The Morgan fingerprint density at radius 2 is 1.71 bits per heavy atom. The van der Waals surface area contributed by atoms with Gasteiger partial charge in [0, 0.05) is 17.6 Å². The minimum absolute atomic E-state index is 0. The zero-order chi connectivity index (χ0) is 19.2. The molecule has 8 heteroatoms. The molecule has 1 aliphatic heterocycles. The van der Waals surface area contributed by atoms with Gasteiger partial charge < -0.3 is 0 Å². The lowest BCUT2D eigenvalue weighted by atomic mass is 9.99. The number of nitrogens with zero attached hydrogens (tertiary/aromatic N) is 2. The molecule has 4 rings (SSSR count). The molecular weight excluding hydrogens is 406 g/mol. The third kappa shape index (κ3) is 3.62. The summed E-state index contributed by atoms with van der Waals surface area (Å²) in [5.74, 6) is -2.64. The molecule has 1 unspecified atom stereocenters. The molecular formula is C20H19ClF2N2O2S. The van der Waals surface area contributed by atoms with Crippen LogP contribution in [0.25, 0.3) is 10.9 Å². The minimum atomic E-state index is -3.66. The van der Waals surface area contributed by atoms with Gasteiger partial charge in [0.25, 0.3) is 5.92 Å². The van der Waals surface area contributed by atoms with Crippen LogP contribution >= 0.6 is 12.4 Å². The first-order valence-corrected chi connectivity index (χ1v) is 10.1. The first kappa shape index (κ1) is 20.6. The second kappa shape index (κ2) is 7.39. The van der Waals surface area contributed by atoms with Crippen molar-refractivity contribution in [1.29, 1.82) is 0 Å². The van der Waals surface area contributed by atoms with E-state index in [-0.39, 0.29) is 41.3 Å². The number of rotatable bonds is 4. The molecule has 0 saturated carbocycles. The van der Waals surface area contributed by atoms with E-state index >= 15 is 0 Å². The summed E-state index contributed by atoms with van der Waals surface area (Å²) in [6, 6.07) is 15.0. The Morgan fingerprint density at radius 3 is 2.36 bits per heavy atom. The lowest BCUT2D eigenvalue weighted by Crippen LogP contribution is -2.56. The zero-order valence-corrected chi connectivity index (χ0v) is 16.7. The van der Waals surface area contributed by atoms with Gasteiger partial charge >= 0.3 is 0 Å². The second-order valence-electron chi connectivity index (χ2n) is 6.84. The molecule has 1 atom stereocenters. The Morgan fingerprint density at radius 1 is 1.04 bits per heavy atom. The van der Waals surface area contributed by atoms with Gasteiger partial charge in [-0.1, -0.05) is 36.4 Å². The van der Waals surface area contributed by atoms with Crippen LogP contribution in [0, 0.1) is 0 Å². The van der Waals surface area contributed by atoms with Crippen LogP contribution in [0.3, 0.4) is 0 Å². The summed E-state index contributed by atoms with van der Waals surface area (Å²) in [5, 5.41) is 0.670. The van der Waals surface area contributed by atoms with Crippen molar-refractivity contribution in [2.45, 2.75) is 28.7 Å². The number of alkyl halides is 2. The normalized spacial score (nSPS) is 17.5. The van der Waals surface area contributed by atoms with Crippen molar-refractivity contribution in [3.63, 3.8) is 0 Å². The van der Waals surface area contributed by atoms with Crippen LogP contribution in [-0.2, 0) is 9.84 Å². The smallest absolute Gasteiger partial charge is 0.272 e. The Labute approximate surface area is 168 Å². The molecule has 0 N–H and O–H groups in total. The summed E-state index contributed by atoms with van der Waals surface area (Å²) in [6.07, 6.45) is 1.34. The SMILES string of the molecule is CC(c1cccc2cc(S(=O)(=O)c3ccccc3)cnc12)N1CC(F)(F)C1.Cl. The zero-order valence-electron chi connectivity index (χ0n) is 15.0. The average Bonchev–Trinajstić information content (AvgIpc) is 2.65. The predicted octanol–water partition coefficient (Wildman–Crippen LogP) is 4.50. The molecule has 0 aliphatic carbocycles. The van der Waals surface area contributed by atoms with Crippen LogP contribution in [0.15, 0.2) is 70.6 Å². The van der Waals surface area contributed by atoms with Gasteiger partial charge in [0.1, 0.15) is 0 Å². The Balaban J connectivity index is 0.00000225. The third-order valence-electron chi connectivity index (χ3n) is 4.95. The van der Waals surface area contributed by atoms with Crippen molar-refractivity contribution in [3.8, 4) is 0 Å². The molecule has 0 amide bonds. The van der Waals surface area contributed by atoms with Gasteiger partial charge in [0.15, 0.2) is 0 Å². The number of halogens is 3. The van der Waals surface area contributed by atoms with E-state index in [2.05, 4.69) is 4.98 Å². The van der Waals surface area contributed by atoms with Gasteiger partial charge in [0.2, 0.25) is 9.84 Å². The van der Waals surface area contributed by atoms with E-state index in [1.54, 1.807) is 53.4 Å². The van der Waals surface area contributed by atoms with Crippen LogP contribution in [0.4, 0.5) is 8.78 Å². The van der Waals surface area contributed by atoms with Gasteiger partial charge in [-0.05, 0) is 30.7 Å². The highest BCUT2D eigenvalue weighted by molar-refractivity contribution is 7.91. The number of hydrogen-bond donors (Lipinski definition) is 0. The van der Waals surface area contributed by atoms with E-state index < -0.39 is 15.8 Å². The van der Waals surface area contributed by atoms with Crippen molar-refractivity contribution < 1.29 is 17.2 Å². The molecule has 1 fully saturated rings. The van der Waals surface area contributed by atoms with Crippen LogP contribution in [0.5, 0.6) is 0 Å². The lowest BCUT2D eigenvalue weighted by Gasteiger charge is -2.42. The summed E-state index contributed by atoms with van der Waals surface area (Å²) in [4.78, 5) is 6.38. The number of fused-ring (bicyclic) bond motifs is 1. The second-order valence-corrected chi connectivity index (χ2v) is 8.79.